The fraction of sp³-hybridized carbons (Fsp3) is 0.300. The second-order valence-corrected chi connectivity index (χ2v) is 8.33. The van der Waals surface area contributed by atoms with Gasteiger partial charge in [-0.25, -0.2) is 0 Å². The average molecular weight is 523 g/mol. The van der Waals surface area contributed by atoms with Crippen LogP contribution in [0.3, 0.4) is 0 Å². The van der Waals surface area contributed by atoms with Gasteiger partial charge in [0, 0.05) is 28.2 Å². The van der Waals surface area contributed by atoms with Gasteiger partial charge in [0.05, 0.1) is 4.47 Å². The number of nitrogens with zero attached hydrogens (tertiary/aromatic N) is 1. The summed E-state index contributed by atoms with van der Waals surface area (Å²) in [5, 5.41) is 4.18. The van der Waals surface area contributed by atoms with Gasteiger partial charge < -0.3 is 15.0 Å². The summed E-state index contributed by atoms with van der Waals surface area (Å²) in [5.74, 6) is -0.159. The Kier molecular flexibility index (Phi) is 9.08. The zero-order valence-corrected chi connectivity index (χ0v) is 19.7. The largest absolute Gasteiger partial charge is 0.483 e. The molecule has 0 radical (unpaired) electrons. The highest BCUT2D eigenvalue weighted by Crippen LogP contribution is 2.28. The van der Waals surface area contributed by atoms with Gasteiger partial charge in [0.1, 0.15) is 11.8 Å². The fourth-order valence-electron chi connectivity index (χ4n) is 2.55. The Hall–Kier alpha value is -1.47. The van der Waals surface area contributed by atoms with E-state index in [9.17, 15) is 9.59 Å². The first-order valence-electron chi connectivity index (χ1n) is 8.81. The van der Waals surface area contributed by atoms with E-state index >= 15 is 0 Å². The van der Waals surface area contributed by atoms with Crippen LogP contribution in [0.4, 0.5) is 0 Å². The maximum Gasteiger partial charge on any atom is 0.261 e. The molecule has 2 amide bonds. The summed E-state index contributed by atoms with van der Waals surface area (Å²) >= 11 is 21.5. The van der Waals surface area contributed by atoms with E-state index in [1.54, 1.807) is 43.3 Å². The van der Waals surface area contributed by atoms with Gasteiger partial charge in [0.2, 0.25) is 5.91 Å². The summed E-state index contributed by atoms with van der Waals surface area (Å²) in [6, 6.07) is 9.28. The number of ether oxygens (including phenoxy) is 1. The Morgan fingerprint density at radius 2 is 1.79 bits per heavy atom. The Morgan fingerprint density at radius 3 is 2.41 bits per heavy atom. The van der Waals surface area contributed by atoms with Crippen LogP contribution in [0, 0.1) is 0 Å². The summed E-state index contributed by atoms with van der Waals surface area (Å²) in [5.41, 5.74) is 0.674. The SMILES string of the molecule is CCNC(=O)[C@@H](C)N(Cc1ccc(Cl)cc1Cl)C(=O)COc1ccc(Cl)cc1Br. The summed E-state index contributed by atoms with van der Waals surface area (Å²) in [4.78, 5) is 26.7. The van der Waals surface area contributed by atoms with E-state index in [0.717, 1.165) is 0 Å². The molecule has 0 saturated carbocycles. The van der Waals surface area contributed by atoms with E-state index in [1.807, 2.05) is 6.92 Å². The first-order valence-corrected chi connectivity index (χ1v) is 10.7. The van der Waals surface area contributed by atoms with E-state index in [2.05, 4.69) is 21.2 Å². The molecule has 0 aliphatic carbocycles. The molecule has 2 rings (SSSR count). The number of carbonyl (C=O) groups excluding carboxylic acids is 2. The van der Waals surface area contributed by atoms with Gasteiger partial charge in [0.15, 0.2) is 6.61 Å². The van der Waals surface area contributed by atoms with Crippen molar-refractivity contribution in [2.24, 2.45) is 0 Å². The molecule has 156 valence electrons. The third-order valence-corrected chi connectivity index (χ3v) is 5.56. The molecule has 2 aromatic carbocycles. The van der Waals surface area contributed by atoms with Crippen molar-refractivity contribution in [3.63, 3.8) is 0 Å². The number of amides is 2. The van der Waals surface area contributed by atoms with Gasteiger partial charge in [-0.15, -0.1) is 0 Å². The molecule has 0 unspecified atom stereocenters. The van der Waals surface area contributed by atoms with E-state index in [4.69, 9.17) is 39.5 Å². The van der Waals surface area contributed by atoms with Crippen LogP contribution in [0.1, 0.15) is 19.4 Å². The fourth-order valence-corrected chi connectivity index (χ4v) is 3.82. The van der Waals surface area contributed by atoms with Crippen LogP contribution in [-0.4, -0.2) is 35.9 Å². The predicted molar refractivity (Wildman–Crippen MR) is 120 cm³/mol. The number of likely N-dealkylation sites (N-methyl/N-ethyl adjacent to an activating group) is 1. The van der Waals surface area contributed by atoms with E-state index in [0.29, 0.717) is 37.4 Å². The van der Waals surface area contributed by atoms with Gasteiger partial charge in [-0.05, 0) is 65.7 Å². The molecule has 2 aromatic rings. The van der Waals surface area contributed by atoms with E-state index in [-0.39, 0.29) is 25.0 Å². The number of hydrogen-bond acceptors (Lipinski definition) is 3. The van der Waals surface area contributed by atoms with Crippen LogP contribution < -0.4 is 10.1 Å². The summed E-state index contributed by atoms with van der Waals surface area (Å²) in [6.07, 6.45) is 0. The van der Waals surface area contributed by atoms with Crippen molar-refractivity contribution >= 4 is 62.5 Å². The number of carbonyl (C=O) groups is 2. The Bertz CT molecular complexity index is 895. The number of hydrogen-bond donors (Lipinski definition) is 1. The number of benzene rings is 2. The molecule has 0 aliphatic heterocycles. The molecule has 0 bridgehead atoms. The molecule has 0 heterocycles. The lowest BCUT2D eigenvalue weighted by molar-refractivity contribution is -0.142. The topological polar surface area (TPSA) is 58.6 Å². The van der Waals surface area contributed by atoms with Gasteiger partial charge in [-0.3, -0.25) is 9.59 Å². The molecule has 0 saturated heterocycles. The minimum absolute atomic E-state index is 0.137. The minimum Gasteiger partial charge on any atom is -0.483 e. The van der Waals surface area contributed by atoms with Crippen LogP contribution in [0.15, 0.2) is 40.9 Å². The highest BCUT2D eigenvalue weighted by Gasteiger charge is 2.27. The lowest BCUT2D eigenvalue weighted by Crippen LogP contribution is -2.49. The molecule has 29 heavy (non-hydrogen) atoms. The highest BCUT2D eigenvalue weighted by molar-refractivity contribution is 9.10. The minimum atomic E-state index is -0.716. The van der Waals surface area contributed by atoms with Crippen molar-refractivity contribution in [1.82, 2.24) is 10.2 Å². The van der Waals surface area contributed by atoms with Gasteiger partial charge in [-0.1, -0.05) is 40.9 Å². The van der Waals surface area contributed by atoms with E-state index in [1.165, 1.54) is 4.90 Å². The molecule has 1 atom stereocenters. The molecule has 9 heteroatoms. The molecular formula is C20H20BrCl3N2O3. The van der Waals surface area contributed by atoms with Gasteiger partial charge in [0.25, 0.3) is 5.91 Å². The second-order valence-electron chi connectivity index (χ2n) is 6.19. The summed E-state index contributed by atoms with van der Waals surface area (Å²) in [7, 11) is 0. The highest BCUT2D eigenvalue weighted by atomic mass is 79.9. The van der Waals surface area contributed by atoms with Crippen molar-refractivity contribution < 1.29 is 14.3 Å². The first kappa shape index (κ1) is 23.8. The van der Waals surface area contributed by atoms with Crippen LogP contribution in [0.25, 0.3) is 0 Å². The molecule has 0 aliphatic rings. The lowest BCUT2D eigenvalue weighted by atomic mass is 10.1. The quantitative estimate of drug-likeness (QED) is 0.509. The summed E-state index contributed by atoms with van der Waals surface area (Å²) in [6.45, 7) is 3.81. The van der Waals surface area contributed by atoms with Crippen LogP contribution in [-0.2, 0) is 16.1 Å². The number of rotatable bonds is 8. The number of nitrogens with one attached hydrogen (secondary N) is 1. The van der Waals surface area contributed by atoms with E-state index < -0.39 is 6.04 Å². The van der Waals surface area contributed by atoms with Gasteiger partial charge in [-0.2, -0.15) is 0 Å². The van der Waals surface area contributed by atoms with Crippen molar-refractivity contribution in [3.05, 3.63) is 61.5 Å². The van der Waals surface area contributed by atoms with Crippen molar-refractivity contribution in [3.8, 4) is 5.75 Å². The van der Waals surface area contributed by atoms with Crippen molar-refractivity contribution in [2.75, 3.05) is 13.2 Å². The molecule has 0 spiro atoms. The normalized spacial score (nSPS) is 11.7. The van der Waals surface area contributed by atoms with Crippen molar-refractivity contribution in [2.45, 2.75) is 26.4 Å². The van der Waals surface area contributed by atoms with Crippen LogP contribution >= 0.6 is 50.7 Å². The molecule has 1 N–H and O–H groups in total. The zero-order chi connectivity index (χ0) is 21.6. The zero-order valence-electron chi connectivity index (χ0n) is 15.8. The van der Waals surface area contributed by atoms with Crippen molar-refractivity contribution in [1.29, 1.82) is 0 Å². The molecular weight excluding hydrogens is 502 g/mol. The third kappa shape index (κ3) is 6.78. The van der Waals surface area contributed by atoms with Gasteiger partial charge >= 0.3 is 0 Å². The summed E-state index contributed by atoms with van der Waals surface area (Å²) < 4.78 is 6.26. The number of halogens is 4. The average Bonchev–Trinajstić information content (AvgIpc) is 2.66. The maximum absolute atomic E-state index is 12.9. The standard InChI is InChI=1S/C20H20BrCl3N2O3/c1-3-25-20(28)12(2)26(10-13-4-5-15(23)9-17(13)24)19(27)11-29-18-7-6-14(22)8-16(18)21/h4-9,12H,3,10-11H2,1-2H3,(H,25,28)/t12-/m1/s1. The molecule has 5 nitrogen and oxygen atoms in total. The third-order valence-electron chi connectivity index (χ3n) is 4.12. The Morgan fingerprint density at radius 1 is 1.14 bits per heavy atom. The monoisotopic (exact) mass is 520 g/mol. The second kappa shape index (κ2) is 11.1. The van der Waals surface area contributed by atoms with Crippen LogP contribution in [0.2, 0.25) is 15.1 Å². The molecule has 0 aromatic heterocycles. The smallest absolute Gasteiger partial charge is 0.261 e. The Balaban J connectivity index is 2.20. The lowest BCUT2D eigenvalue weighted by Gasteiger charge is -2.29. The molecule has 0 fully saturated rings. The Labute approximate surface area is 193 Å². The predicted octanol–water partition coefficient (Wildman–Crippen LogP) is 5.34. The first-order chi connectivity index (χ1) is 13.7. The maximum atomic E-state index is 12.9. The van der Waals surface area contributed by atoms with Crippen LogP contribution in [0.5, 0.6) is 5.75 Å².